The smallest absolute Gasteiger partial charge is 0.306 e. The largest absolute Gasteiger partial charge is 0.461 e. The molecule has 0 spiro atoms. The van der Waals surface area contributed by atoms with Crippen LogP contribution in [0.1, 0.15) is 33.1 Å². The van der Waals surface area contributed by atoms with Gasteiger partial charge >= 0.3 is 11.9 Å². The highest BCUT2D eigenvalue weighted by atomic mass is 16.5. The quantitative estimate of drug-likeness (QED) is 0.483. The lowest BCUT2D eigenvalue weighted by atomic mass is 10.2. The standard InChI is InChI=1S/C13H20O4/c1-10(2)8-16-12(14)6-5-7-13(15)17-9-11(3)4/h1,3,5-9H2,2,4H3. The molecule has 0 amide bonds. The van der Waals surface area contributed by atoms with Crippen LogP contribution in [0.2, 0.25) is 0 Å². The summed E-state index contributed by atoms with van der Waals surface area (Å²) in [5, 5.41) is 0. The van der Waals surface area contributed by atoms with Crippen molar-refractivity contribution in [1.82, 2.24) is 0 Å². The number of esters is 2. The van der Waals surface area contributed by atoms with Gasteiger partial charge in [0.2, 0.25) is 0 Å². The third-order valence-electron chi connectivity index (χ3n) is 1.72. The first kappa shape index (κ1) is 15.4. The molecule has 4 heteroatoms. The van der Waals surface area contributed by atoms with Gasteiger partial charge in [-0.1, -0.05) is 13.2 Å². The molecule has 4 nitrogen and oxygen atoms in total. The second-order valence-corrected chi connectivity index (χ2v) is 4.09. The van der Waals surface area contributed by atoms with Gasteiger partial charge in [0, 0.05) is 12.8 Å². The molecule has 0 heterocycles. The molecule has 0 aromatic rings. The van der Waals surface area contributed by atoms with Gasteiger partial charge in [0.05, 0.1) is 0 Å². The van der Waals surface area contributed by atoms with Crippen molar-refractivity contribution in [3.8, 4) is 0 Å². The third kappa shape index (κ3) is 10.7. The van der Waals surface area contributed by atoms with Gasteiger partial charge in [-0.25, -0.2) is 0 Å². The summed E-state index contributed by atoms with van der Waals surface area (Å²) >= 11 is 0. The number of hydrogen-bond donors (Lipinski definition) is 0. The van der Waals surface area contributed by atoms with Gasteiger partial charge < -0.3 is 9.47 Å². The van der Waals surface area contributed by atoms with E-state index in [2.05, 4.69) is 13.2 Å². The summed E-state index contributed by atoms with van der Waals surface area (Å²) in [4.78, 5) is 22.3. The van der Waals surface area contributed by atoms with Crippen molar-refractivity contribution >= 4 is 11.9 Å². The molecule has 0 saturated heterocycles. The van der Waals surface area contributed by atoms with Crippen LogP contribution in [0.4, 0.5) is 0 Å². The number of ether oxygens (including phenoxy) is 2. The van der Waals surface area contributed by atoms with Crippen molar-refractivity contribution in [2.24, 2.45) is 0 Å². The topological polar surface area (TPSA) is 52.6 Å². The van der Waals surface area contributed by atoms with Crippen LogP contribution < -0.4 is 0 Å². The van der Waals surface area contributed by atoms with Gasteiger partial charge in [0.25, 0.3) is 0 Å². The Hall–Kier alpha value is -1.58. The Morgan fingerprint density at radius 2 is 1.24 bits per heavy atom. The lowest BCUT2D eigenvalue weighted by molar-refractivity contribution is -0.144. The highest BCUT2D eigenvalue weighted by Gasteiger charge is 2.07. The molecule has 96 valence electrons. The molecule has 0 fully saturated rings. The average Bonchev–Trinajstić information content (AvgIpc) is 2.23. The van der Waals surface area contributed by atoms with Crippen molar-refractivity contribution < 1.29 is 19.1 Å². The Morgan fingerprint density at radius 3 is 1.53 bits per heavy atom. The first-order valence-corrected chi connectivity index (χ1v) is 5.52. The van der Waals surface area contributed by atoms with E-state index in [-0.39, 0.29) is 38.0 Å². The molecule has 0 aliphatic rings. The number of carbonyl (C=O) groups is 2. The van der Waals surface area contributed by atoms with Crippen molar-refractivity contribution in [1.29, 1.82) is 0 Å². The highest BCUT2D eigenvalue weighted by molar-refractivity contribution is 5.72. The Balaban J connectivity index is 3.55. The molecular formula is C13H20O4. The summed E-state index contributed by atoms with van der Waals surface area (Å²) in [5.41, 5.74) is 1.58. The molecule has 0 unspecified atom stereocenters. The van der Waals surface area contributed by atoms with E-state index in [9.17, 15) is 9.59 Å². The van der Waals surface area contributed by atoms with Crippen LogP contribution in [0.5, 0.6) is 0 Å². The van der Waals surface area contributed by atoms with Crippen molar-refractivity contribution in [3.05, 3.63) is 24.3 Å². The maximum absolute atomic E-state index is 11.2. The average molecular weight is 240 g/mol. The lowest BCUT2D eigenvalue weighted by Crippen LogP contribution is -2.09. The van der Waals surface area contributed by atoms with Gasteiger partial charge in [0.15, 0.2) is 0 Å². The minimum atomic E-state index is -0.319. The van der Waals surface area contributed by atoms with Crippen molar-refractivity contribution in [3.63, 3.8) is 0 Å². The van der Waals surface area contributed by atoms with Crippen LogP contribution in [0.15, 0.2) is 24.3 Å². The van der Waals surface area contributed by atoms with E-state index in [4.69, 9.17) is 9.47 Å². The van der Waals surface area contributed by atoms with E-state index in [0.717, 1.165) is 11.1 Å². The van der Waals surface area contributed by atoms with Gasteiger partial charge in [-0.05, 0) is 31.4 Å². The summed E-state index contributed by atoms with van der Waals surface area (Å²) in [6.45, 7) is 11.3. The fourth-order valence-corrected chi connectivity index (χ4v) is 0.929. The summed E-state index contributed by atoms with van der Waals surface area (Å²) in [7, 11) is 0. The maximum Gasteiger partial charge on any atom is 0.306 e. The van der Waals surface area contributed by atoms with Gasteiger partial charge in [-0.2, -0.15) is 0 Å². The Labute approximate surface area is 102 Å². The predicted molar refractivity (Wildman–Crippen MR) is 65.4 cm³/mol. The van der Waals surface area contributed by atoms with E-state index in [1.807, 2.05) is 0 Å². The molecule has 0 saturated carbocycles. The van der Waals surface area contributed by atoms with Crippen LogP contribution in [0, 0.1) is 0 Å². The maximum atomic E-state index is 11.2. The summed E-state index contributed by atoms with van der Waals surface area (Å²) in [5.74, 6) is -0.638. The van der Waals surface area contributed by atoms with Crippen molar-refractivity contribution in [2.45, 2.75) is 33.1 Å². The van der Waals surface area contributed by atoms with E-state index in [0.29, 0.717) is 6.42 Å². The monoisotopic (exact) mass is 240 g/mol. The summed E-state index contributed by atoms with van der Waals surface area (Å²) in [6.07, 6.45) is 0.870. The fraction of sp³-hybridized carbons (Fsp3) is 0.538. The zero-order valence-electron chi connectivity index (χ0n) is 10.6. The predicted octanol–water partition coefficient (Wildman–Crippen LogP) is 2.40. The summed E-state index contributed by atoms with van der Waals surface area (Å²) in [6, 6.07) is 0. The summed E-state index contributed by atoms with van der Waals surface area (Å²) < 4.78 is 9.76. The zero-order chi connectivity index (χ0) is 13.3. The van der Waals surface area contributed by atoms with Gasteiger partial charge in [-0.15, -0.1) is 0 Å². The SMILES string of the molecule is C=C(C)COC(=O)CCCC(=O)OCC(=C)C. The third-order valence-corrected chi connectivity index (χ3v) is 1.72. The Bertz CT molecular complexity index is 275. The first-order valence-electron chi connectivity index (χ1n) is 5.52. The fourth-order valence-electron chi connectivity index (χ4n) is 0.929. The molecule has 0 rings (SSSR count). The molecule has 0 aromatic heterocycles. The van der Waals surface area contributed by atoms with Crippen LogP contribution >= 0.6 is 0 Å². The number of carbonyl (C=O) groups excluding carboxylic acids is 2. The van der Waals surface area contributed by atoms with Crippen LogP contribution in [0.25, 0.3) is 0 Å². The van der Waals surface area contributed by atoms with Gasteiger partial charge in [-0.3, -0.25) is 9.59 Å². The molecule has 0 aromatic carbocycles. The molecule has 0 radical (unpaired) electrons. The Kier molecular flexibility index (Phi) is 7.76. The molecule has 0 atom stereocenters. The molecule has 0 N–H and O–H groups in total. The van der Waals surface area contributed by atoms with Crippen LogP contribution in [-0.2, 0) is 19.1 Å². The number of rotatable bonds is 8. The normalized spacial score (nSPS) is 9.53. The molecule has 0 aliphatic heterocycles. The van der Waals surface area contributed by atoms with Gasteiger partial charge in [0.1, 0.15) is 13.2 Å². The lowest BCUT2D eigenvalue weighted by Gasteiger charge is -2.05. The van der Waals surface area contributed by atoms with E-state index in [1.54, 1.807) is 13.8 Å². The molecule has 0 aliphatic carbocycles. The Morgan fingerprint density at radius 1 is 0.882 bits per heavy atom. The highest BCUT2D eigenvalue weighted by Crippen LogP contribution is 2.02. The van der Waals surface area contributed by atoms with Crippen LogP contribution in [-0.4, -0.2) is 25.2 Å². The van der Waals surface area contributed by atoms with E-state index in [1.165, 1.54) is 0 Å². The zero-order valence-corrected chi connectivity index (χ0v) is 10.6. The minimum absolute atomic E-state index is 0.218. The van der Waals surface area contributed by atoms with Crippen LogP contribution in [0.3, 0.4) is 0 Å². The van der Waals surface area contributed by atoms with Crippen molar-refractivity contribution in [2.75, 3.05) is 13.2 Å². The molecular weight excluding hydrogens is 220 g/mol. The van der Waals surface area contributed by atoms with E-state index < -0.39 is 0 Å². The molecule has 17 heavy (non-hydrogen) atoms. The van der Waals surface area contributed by atoms with E-state index >= 15 is 0 Å². The second kappa shape index (κ2) is 8.56. The second-order valence-electron chi connectivity index (χ2n) is 4.09. The minimum Gasteiger partial charge on any atom is -0.461 e. The molecule has 0 bridgehead atoms. The number of hydrogen-bond acceptors (Lipinski definition) is 4. The first-order chi connectivity index (χ1) is 7.91.